The molecule has 0 aliphatic rings. The predicted molar refractivity (Wildman–Crippen MR) is 78.6 cm³/mol. The van der Waals surface area contributed by atoms with E-state index in [0.717, 1.165) is 23.0 Å². The maximum absolute atomic E-state index is 11.5. The van der Waals surface area contributed by atoms with Gasteiger partial charge in [-0.1, -0.05) is 13.0 Å². The summed E-state index contributed by atoms with van der Waals surface area (Å²) in [6, 6.07) is 5.74. The van der Waals surface area contributed by atoms with Gasteiger partial charge in [0, 0.05) is 12.6 Å². The van der Waals surface area contributed by atoms with Gasteiger partial charge in [0.05, 0.1) is 17.6 Å². The third-order valence-corrected chi connectivity index (χ3v) is 3.18. The lowest BCUT2D eigenvalue weighted by atomic mass is 10.1. The van der Waals surface area contributed by atoms with Crippen LogP contribution in [0.4, 0.5) is 0 Å². The van der Waals surface area contributed by atoms with Crippen molar-refractivity contribution in [3.63, 3.8) is 0 Å². The van der Waals surface area contributed by atoms with Gasteiger partial charge in [-0.2, -0.15) is 0 Å². The quantitative estimate of drug-likeness (QED) is 0.635. The van der Waals surface area contributed by atoms with Gasteiger partial charge < -0.3 is 20.6 Å². The molecule has 1 heterocycles. The molecule has 4 N–H and O–H groups in total. The second kappa shape index (κ2) is 6.38. The summed E-state index contributed by atoms with van der Waals surface area (Å²) in [6.45, 7) is 4.98. The number of aromatic nitrogens is 2. The molecule has 1 unspecified atom stereocenters. The first kappa shape index (κ1) is 14.3. The summed E-state index contributed by atoms with van der Waals surface area (Å²) in [7, 11) is 0. The molecule has 0 spiro atoms. The van der Waals surface area contributed by atoms with Gasteiger partial charge in [-0.05, 0) is 31.0 Å². The second-order valence-electron chi connectivity index (χ2n) is 4.84. The lowest BCUT2D eigenvalue weighted by Crippen LogP contribution is -2.35. The number of H-pyrrole nitrogens is 2. The number of carbonyl (C=O) groups excluding carboxylic acids is 1. The number of imidazole rings is 1. The van der Waals surface area contributed by atoms with Crippen molar-refractivity contribution in [1.29, 1.82) is 0 Å². The van der Waals surface area contributed by atoms with E-state index in [-0.39, 0.29) is 24.2 Å². The highest BCUT2D eigenvalue weighted by Gasteiger charge is 2.09. The molecule has 6 nitrogen and oxygen atoms in total. The SMILES string of the molecule is CCCNC(=O)CNC(C)c1ccc2[nH]c(=O)[nH]c2c1. The van der Waals surface area contributed by atoms with Crippen LogP contribution in [0.1, 0.15) is 31.9 Å². The number of hydrogen-bond donors (Lipinski definition) is 4. The van der Waals surface area contributed by atoms with Crippen molar-refractivity contribution in [3.8, 4) is 0 Å². The summed E-state index contributed by atoms with van der Waals surface area (Å²) in [4.78, 5) is 28.2. The fourth-order valence-corrected chi connectivity index (χ4v) is 2.01. The van der Waals surface area contributed by atoms with Crippen LogP contribution in [0.5, 0.6) is 0 Å². The highest BCUT2D eigenvalue weighted by atomic mass is 16.2. The van der Waals surface area contributed by atoms with Gasteiger partial charge in [0.1, 0.15) is 0 Å². The molecular formula is C14H20N4O2. The molecule has 1 aromatic carbocycles. The molecule has 1 aromatic heterocycles. The number of rotatable bonds is 6. The van der Waals surface area contributed by atoms with E-state index < -0.39 is 0 Å². The number of aromatic amines is 2. The van der Waals surface area contributed by atoms with Crippen LogP contribution in [0.15, 0.2) is 23.0 Å². The fourth-order valence-electron chi connectivity index (χ4n) is 2.01. The minimum atomic E-state index is -0.211. The van der Waals surface area contributed by atoms with Crippen LogP contribution >= 0.6 is 0 Å². The van der Waals surface area contributed by atoms with Crippen LogP contribution in [0.3, 0.4) is 0 Å². The number of hydrogen-bond acceptors (Lipinski definition) is 3. The minimum absolute atomic E-state index is 0.00479. The van der Waals surface area contributed by atoms with Crippen molar-refractivity contribution in [3.05, 3.63) is 34.2 Å². The Bertz CT molecular complexity index is 644. The smallest absolute Gasteiger partial charge is 0.323 e. The van der Waals surface area contributed by atoms with Crippen molar-refractivity contribution in [2.75, 3.05) is 13.1 Å². The Hall–Kier alpha value is -2.08. The van der Waals surface area contributed by atoms with E-state index >= 15 is 0 Å². The topological polar surface area (TPSA) is 89.8 Å². The number of benzene rings is 1. The first-order valence-electron chi connectivity index (χ1n) is 6.82. The van der Waals surface area contributed by atoms with E-state index in [4.69, 9.17) is 0 Å². The van der Waals surface area contributed by atoms with E-state index in [2.05, 4.69) is 20.6 Å². The lowest BCUT2D eigenvalue weighted by molar-refractivity contribution is -0.120. The van der Waals surface area contributed by atoms with Crippen molar-refractivity contribution in [1.82, 2.24) is 20.6 Å². The minimum Gasteiger partial charge on any atom is -0.355 e. The zero-order chi connectivity index (χ0) is 14.5. The molecule has 1 atom stereocenters. The maximum atomic E-state index is 11.5. The van der Waals surface area contributed by atoms with Gasteiger partial charge in [0.2, 0.25) is 5.91 Å². The Morgan fingerprint density at radius 2 is 2.05 bits per heavy atom. The van der Waals surface area contributed by atoms with Gasteiger partial charge in [0.25, 0.3) is 0 Å². The second-order valence-corrected chi connectivity index (χ2v) is 4.84. The monoisotopic (exact) mass is 276 g/mol. The number of nitrogens with one attached hydrogen (secondary N) is 4. The third kappa shape index (κ3) is 3.48. The van der Waals surface area contributed by atoms with Gasteiger partial charge in [0.15, 0.2) is 0 Å². The highest BCUT2D eigenvalue weighted by Crippen LogP contribution is 2.16. The largest absolute Gasteiger partial charge is 0.355 e. The van der Waals surface area contributed by atoms with Crippen LogP contribution in [0, 0.1) is 0 Å². The Kier molecular flexibility index (Phi) is 4.57. The summed E-state index contributed by atoms with van der Waals surface area (Å²) in [5, 5.41) is 5.98. The first-order chi connectivity index (χ1) is 9.60. The van der Waals surface area contributed by atoms with Crippen LogP contribution < -0.4 is 16.3 Å². The molecule has 108 valence electrons. The number of amides is 1. The molecule has 0 bridgehead atoms. The third-order valence-electron chi connectivity index (χ3n) is 3.18. The van der Waals surface area contributed by atoms with Gasteiger partial charge in [-0.15, -0.1) is 0 Å². The van der Waals surface area contributed by atoms with Crippen LogP contribution in [-0.2, 0) is 4.79 Å². The summed E-state index contributed by atoms with van der Waals surface area (Å²) < 4.78 is 0. The van der Waals surface area contributed by atoms with Gasteiger partial charge >= 0.3 is 5.69 Å². The molecule has 1 amide bonds. The van der Waals surface area contributed by atoms with Gasteiger partial charge in [-0.3, -0.25) is 4.79 Å². The zero-order valence-corrected chi connectivity index (χ0v) is 11.7. The normalized spacial score (nSPS) is 12.5. The van der Waals surface area contributed by atoms with Crippen molar-refractivity contribution < 1.29 is 4.79 Å². The molecule has 0 aliphatic heterocycles. The summed E-state index contributed by atoms with van der Waals surface area (Å²) >= 11 is 0. The molecule has 20 heavy (non-hydrogen) atoms. The fraction of sp³-hybridized carbons (Fsp3) is 0.429. The standard InChI is InChI=1S/C14H20N4O2/c1-3-6-15-13(19)8-16-9(2)10-4-5-11-12(7-10)18-14(20)17-11/h4-5,7,9,16H,3,6,8H2,1-2H3,(H,15,19)(H2,17,18,20). The van der Waals surface area contributed by atoms with E-state index in [1.807, 2.05) is 32.0 Å². The molecule has 2 rings (SSSR count). The Labute approximate surface area is 117 Å². The zero-order valence-electron chi connectivity index (χ0n) is 11.7. The van der Waals surface area contributed by atoms with Crippen LogP contribution in [0.25, 0.3) is 11.0 Å². The van der Waals surface area contributed by atoms with Crippen LogP contribution in [0.2, 0.25) is 0 Å². The Morgan fingerprint density at radius 3 is 2.80 bits per heavy atom. The number of carbonyl (C=O) groups is 1. The summed E-state index contributed by atoms with van der Waals surface area (Å²) in [5.41, 5.74) is 2.37. The average Bonchev–Trinajstić information content (AvgIpc) is 2.81. The lowest BCUT2D eigenvalue weighted by Gasteiger charge is -2.14. The molecule has 0 saturated carbocycles. The highest BCUT2D eigenvalue weighted by molar-refractivity contribution is 5.78. The molecule has 6 heteroatoms. The molecule has 0 saturated heterocycles. The molecule has 0 aliphatic carbocycles. The van der Waals surface area contributed by atoms with E-state index in [9.17, 15) is 9.59 Å². The van der Waals surface area contributed by atoms with Crippen molar-refractivity contribution in [2.24, 2.45) is 0 Å². The van der Waals surface area contributed by atoms with Gasteiger partial charge in [-0.25, -0.2) is 4.79 Å². The van der Waals surface area contributed by atoms with Crippen molar-refractivity contribution in [2.45, 2.75) is 26.3 Å². The van der Waals surface area contributed by atoms with E-state index in [1.54, 1.807) is 0 Å². The Morgan fingerprint density at radius 1 is 1.30 bits per heavy atom. The van der Waals surface area contributed by atoms with Crippen molar-refractivity contribution >= 4 is 16.9 Å². The van der Waals surface area contributed by atoms with Crippen LogP contribution in [-0.4, -0.2) is 29.0 Å². The first-order valence-corrected chi connectivity index (χ1v) is 6.82. The summed E-state index contributed by atoms with van der Waals surface area (Å²) in [6.07, 6.45) is 0.929. The average molecular weight is 276 g/mol. The molecule has 0 fully saturated rings. The van der Waals surface area contributed by atoms with E-state index in [0.29, 0.717) is 6.54 Å². The molecule has 0 radical (unpaired) electrons. The Balaban J connectivity index is 1.98. The predicted octanol–water partition coefficient (Wildman–Crippen LogP) is 1.03. The molecule has 2 aromatic rings. The van der Waals surface area contributed by atoms with E-state index in [1.165, 1.54) is 0 Å². The summed E-state index contributed by atoms with van der Waals surface area (Å²) in [5.74, 6) is -0.00479. The molecular weight excluding hydrogens is 256 g/mol. The maximum Gasteiger partial charge on any atom is 0.323 e. The number of fused-ring (bicyclic) bond motifs is 1.